The van der Waals surface area contributed by atoms with Crippen molar-refractivity contribution in [3.8, 4) is 33.4 Å². The third-order valence-electron chi connectivity index (χ3n) is 9.62. The highest BCUT2D eigenvalue weighted by molar-refractivity contribution is 6.28. The smallest absolute Gasteiger partial charge is 0.136 e. The molecule has 1 heterocycles. The van der Waals surface area contributed by atoms with Gasteiger partial charge in [0, 0.05) is 10.8 Å². The van der Waals surface area contributed by atoms with E-state index in [4.69, 9.17) is 4.42 Å². The van der Waals surface area contributed by atoms with Crippen molar-refractivity contribution in [2.45, 2.75) is 0 Å². The minimum Gasteiger partial charge on any atom is -0.456 e. The van der Waals surface area contributed by atoms with Crippen molar-refractivity contribution in [1.82, 2.24) is 0 Å². The van der Waals surface area contributed by atoms with E-state index in [0.717, 1.165) is 22.1 Å². The van der Waals surface area contributed by atoms with E-state index in [2.05, 4.69) is 158 Å². The Balaban J connectivity index is 1.21. The van der Waals surface area contributed by atoms with Crippen LogP contribution in [0.25, 0.3) is 98.4 Å². The van der Waals surface area contributed by atoms with Gasteiger partial charge in [0.2, 0.25) is 0 Å². The minimum atomic E-state index is 0.913. The molecular weight excluding hydrogens is 544 g/mol. The van der Waals surface area contributed by atoms with E-state index in [1.54, 1.807) is 0 Å². The summed E-state index contributed by atoms with van der Waals surface area (Å²) in [5.41, 5.74) is 9.12. The Labute approximate surface area is 259 Å². The summed E-state index contributed by atoms with van der Waals surface area (Å²) in [6.07, 6.45) is 0. The summed E-state index contributed by atoms with van der Waals surface area (Å²) in [5, 5.41) is 12.6. The van der Waals surface area contributed by atoms with Gasteiger partial charge in [-0.3, -0.25) is 0 Å². The summed E-state index contributed by atoms with van der Waals surface area (Å²) >= 11 is 0. The molecule has 0 bridgehead atoms. The van der Waals surface area contributed by atoms with Crippen molar-refractivity contribution < 1.29 is 4.42 Å². The first-order chi connectivity index (χ1) is 22.3. The van der Waals surface area contributed by atoms with Gasteiger partial charge in [0.1, 0.15) is 11.2 Å². The molecule has 0 saturated carbocycles. The van der Waals surface area contributed by atoms with Crippen molar-refractivity contribution in [2.24, 2.45) is 0 Å². The van der Waals surface area contributed by atoms with Crippen LogP contribution in [0.15, 0.2) is 162 Å². The highest BCUT2D eigenvalue weighted by Gasteiger charge is 2.18. The van der Waals surface area contributed by atoms with E-state index in [1.807, 2.05) is 0 Å². The van der Waals surface area contributed by atoms with Crippen LogP contribution in [0.3, 0.4) is 0 Å². The molecule has 0 atom stereocenters. The average molecular weight is 571 g/mol. The molecule has 1 aromatic heterocycles. The minimum absolute atomic E-state index is 0.913. The van der Waals surface area contributed by atoms with Gasteiger partial charge in [-0.05, 0) is 101 Å². The Kier molecular flexibility index (Phi) is 5.06. The summed E-state index contributed by atoms with van der Waals surface area (Å²) in [6, 6.07) is 57.3. The fourth-order valence-corrected chi connectivity index (χ4v) is 7.50. The molecule has 10 rings (SSSR count). The molecule has 0 radical (unpaired) electrons. The maximum absolute atomic E-state index is 6.50. The fourth-order valence-electron chi connectivity index (χ4n) is 7.50. The average Bonchev–Trinajstić information content (AvgIpc) is 3.49. The lowest BCUT2D eigenvalue weighted by Gasteiger charge is -2.17. The van der Waals surface area contributed by atoms with E-state index in [-0.39, 0.29) is 0 Å². The van der Waals surface area contributed by atoms with Gasteiger partial charge in [-0.25, -0.2) is 0 Å². The molecule has 0 fully saturated rings. The number of furan rings is 1. The summed E-state index contributed by atoms with van der Waals surface area (Å²) in [7, 11) is 0. The van der Waals surface area contributed by atoms with Gasteiger partial charge in [0.15, 0.2) is 0 Å². The summed E-state index contributed by atoms with van der Waals surface area (Å²) in [6.45, 7) is 0. The zero-order valence-electron chi connectivity index (χ0n) is 24.4. The molecule has 0 N–H and O–H groups in total. The van der Waals surface area contributed by atoms with Crippen LogP contribution < -0.4 is 0 Å². The molecule has 9 aromatic carbocycles. The quantitative estimate of drug-likeness (QED) is 0.193. The van der Waals surface area contributed by atoms with Crippen molar-refractivity contribution >= 4 is 65.0 Å². The molecule has 0 aliphatic heterocycles. The van der Waals surface area contributed by atoms with Crippen molar-refractivity contribution in [1.29, 1.82) is 0 Å². The second kappa shape index (κ2) is 9.29. The highest BCUT2D eigenvalue weighted by Crippen LogP contribution is 2.45. The number of hydrogen-bond acceptors (Lipinski definition) is 1. The van der Waals surface area contributed by atoms with Gasteiger partial charge in [0.25, 0.3) is 0 Å². The van der Waals surface area contributed by atoms with Crippen LogP contribution in [-0.2, 0) is 0 Å². The number of rotatable bonds is 3. The molecular formula is C44H26O. The first kappa shape index (κ1) is 24.5. The Morgan fingerprint density at radius 1 is 0.289 bits per heavy atom. The van der Waals surface area contributed by atoms with Gasteiger partial charge < -0.3 is 4.42 Å². The highest BCUT2D eigenvalue weighted by atomic mass is 16.3. The van der Waals surface area contributed by atoms with E-state index in [9.17, 15) is 0 Å². The van der Waals surface area contributed by atoms with Gasteiger partial charge in [-0.1, -0.05) is 133 Å². The van der Waals surface area contributed by atoms with E-state index < -0.39 is 0 Å². The van der Waals surface area contributed by atoms with Crippen LogP contribution in [0.2, 0.25) is 0 Å². The second-order valence-corrected chi connectivity index (χ2v) is 12.1. The predicted molar refractivity (Wildman–Crippen MR) is 191 cm³/mol. The van der Waals surface area contributed by atoms with E-state index in [0.29, 0.717) is 0 Å². The van der Waals surface area contributed by atoms with E-state index in [1.165, 1.54) is 76.3 Å². The van der Waals surface area contributed by atoms with Gasteiger partial charge in [0.05, 0.1) is 0 Å². The zero-order valence-corrected chi connectivity index (χ0v) is 24.4. The lowest BCUT2D eigenvalue weighted by molar-refractivity contribution is 0.669. The zero-order chi connectivity index (χ0) is 29.5. The third-order valence-corrected chi connectivity index (χ3v) is 9.62. The first-order valence-corrected chi connectivity index (χ1v) is 15.5. The van der Waals surface area contributed by atoms with Gasteiger partial charge in [-0.15, -0.1) is 0 Å². The van der Waals surface area contributed by atoms with E-state index >= 15 is 0 Å². The Bertz CT molecular complexity index is 2750. The normalized spacial score (nSPS) is 12.0. The predicted octanol–water partition coefficient (Wildman–Crippen LogP) is 12.6. The lowest BCUT2D eigenvalue weighted by atomic mass is 9.86. The molecule has 0 aliphatic carbocycles. The van der Waals surface area contributed by atoms with Crippen molar-refractivity contribution in [3.63, 3.8) is 0 Å². The van der Waals surface area contributed by atoms with Crippen LogP contribution in [0.1, 0.15) is 0 Å². The Morgan fingerprint density at radius 3 is 1.76 bits per heavy atom. The molecule has 0 unspecified atom stereocenters. The number of fused-ring (bicyclic) bond motifs is 4. The monoisotopic (exact) mass is 570 g/mol. The number of benzene rings is 9. The molecule has 1 heteroatoms. The Hall–Kier alpha value is -5.92. The van der Waals surface area contributed by atoms with Crippen LogP contribution in [0.5, 0.6) is 0 Å². The van der Waals surface area contributed by atoms with Gasteiger partial charge in [-0.2, -0.15) is 0 Å². The van der Waals surface area contributed by atoms with Crippen LogP contribution >= 0.6 is 0 Å². The maximum atomic E-state index is 6.50. The molecule has 0 aliphatic rings. The van der Waals surface area contributed by atoms with Gasteiger partial charge >= 0.3 is 0 Å². The summed E-state index contributed by atoms with van der Waals surface area (Å²) < 4.78 is 6.50. The first-order valence-electron chi connectivity index (χ1n) is 15.5. The number of hydrogen-bond donors (Lipinski definition) is 0. The molecule has 1 nitrogen and oxygen atoms in total. The molecule has 0 spiro atoms. The van der Waals surface area contributed by atoms with Crippen LogP contribution in [0.4, 0.5) is 0 Å². The molecule has 208 valence electrons. The van der Waals surface area contributed by atoms with Crippen LogP contribution in [-0.4, -0.2) is 0 Å². The topological polar surface area (TPSA) is 13.1 Å². The second-order valence-electron chi connectivity index (χ2n) is 12.1. The molecule has 10 aromatic rings. The summed E-state index contributed by atoms with van der Waals surface area (Å²) in [5.74, 6) is 0. The SMILES string of the molecule is c1ccc(-c2ccc3c(c2)oc2cccc(-c4ccc5ccc6c(-c7ccc8ccccc8c7)ccc7ccc4c5c76)c23)cc1. The maximum Gasteiger partial charge on any atom is 0.136 e. The fraction of sp³-hybridized carbons (Fsp3) is 0. The molecule has 0 saturated heterocycles. The lowest BCUT2D eigenvalue weighted by Crippen LogP contribution is -1.90. The van der Waals surface area contributed by atoms with Crippen LogP contribution in [0, 0.1) is 0 Å². The largest absolute Gasteiger partial charge is 0.456 e. The van der Waals surface area contributed by atoms with Crippen molar-refractivity contribution in [2.75, 3.05) is 0 Å². The third kappa shape index (κ3) is 3.62. The summed E-state index contributed by atoms with van der Waals surface area (Å²) in [4.78, 5) is 0. The standard InChI is InChI=1S/C44H26O/c1-2-7-27(8-3-1)32-19-24-39-41(26-32)45-40-12-6-11-36(44(39)40)35-21-16-30-17-22-37-34(20-15-29-18-23-38(35)43(30)42(29)37)33-14-13-28-9-4-5-10-31(28)25-33/h1-26H. The van der Waals surface area contributed by atoms with Crippen molar-refractivity contribution in [3.05, 3.63) is 158 Å². The Morgan fingerprint density at radius 2 is 0.933 bits per heavy atom. The molecule has 45 heavy (non-hydrogen) atoms. The molecule has 0 amide bonds.